The number of amides is 3. The van der Waals surface area contributed by atoms with Crippen LogP contribution in [0.15, 0.2) is 71.0 Å². The van der Waals surface area contributed by atoms with Crippen molar-refractivity contribution in [3.05, 3.63) is 76.5 Å². The number of nitrogens with zero attached hydrogens (tertiary/aromatic N) is 2. The molecule has 8 nitrogen and oxygen atoms in total. The number of aliphatic imine (C=N–C) groups is 1. The van der Waals surface area contributed by atoms with E-state index >= 15 is 0 Å². The maximum atomic E-state index is 13.0. The molecule has 0 atom stereocenters. The fraction of sp³-hybridized carbons (Fsp3) is 0.269. The van der Waals surface area contributed by atoms with Gasteiger partial charge >= 0.3 is 12.1 Å². The number of rotatable bonds is 7. The van der Waals surface area contributed by atoms with Gasteiger partial charge in [-0.05, 0) is 80.6 Å². The van der Waals surface area contributed by atoms with Crippen LogP contribution in [-0.4, -0.2) is 37.2 Å². The highest BCUT2D eigenvalue weighted by atomic mass is 32.1. The molecule has 0 aliphatic carbocycles. The Morgan fingerprint density at radius 3 is 2.31 bits per heavy atom. The van der Waals surface area contributed by atoms with Crippen molar-refractivity contribution in [3.8, 4) is 5.75 Å². The molecule has 0 saturated heterocycles. The number of amidine groups is 1. The molecule has 1 aromatic heterocycles. The van der Waals surface area contributed by atoms with Gasteiger partial charge in [-0.1, -0.05) is 18.2 Å². The van der Waals surface area contributed by atoms with Crippen LogP contribution in [0.25, 0.3) is 0 Å². The van der Waals surface area contributed by atoms with E-state index in [1.54, 1.807) is 52.1 Å². The molecule has 2 aromatic carbocycles. The van der Waals surface area contributed by atoms with Crippen LogP contribution in [0.1, 0.15) is 31.2 Å². The van der Waals surface area contributed by atoms with E-state index in [0.717, 1.165) is 21.0 Å². The van der Waals surface area contributed by atoms with Crippen LogP contribution in [0.3, 0.4) is 0 Å². The van der Waals surface area contributed by atoms with E-state index in [2.05, 4.69) is 10.3 Å². The van der Waals surface area contributed by atoms with Crippen LogP contribution in [-0.2, 0) is 11.2 Å². The fourth-order valence-electron chi connectivity index (χ4n) is 3.09. The minimum Gasteiger partial charge on any atom is -0.497 e. The lowest BCUT2D eigenvalue weighted by Crippen LogP contribution is -2.46. The SMILES string of the molecule is COc1ccc(N(C(=O)NCCc2ccc(N=C(N)c3cccs3)cc2)C(=O)OC(C)(C)C)cc1. The van der Waals surface area contributed by atoms with E-state index in [9.17, 15) is 9.59 Å². The Balaban J connectivity index is 1.63. The first kappa shape index (κ1) is 25.8. The number of nitrogens with one attached hydrogen (secondary N) is 1. The topological polar surface area (TPSA) is 106 Å². The molecule has 0 unspecified atom stereocenters. The Hall–Kier alpha value is -3.85. The summed E-state index contributed by atoms with van der Waals surface area (Å²) in [6.07, 6.45) is -0.188. The molecule has 0 aliphatic rings. The van der Waals surface area contributed by atoms with E-state index in [1.165, 1.54) is 11.3 Å². The van der Waals surface area contributed by atoms with Gasteiger partial charge in [-0.25, -0.2) is 14.6 Å². The van der Waals surface area contributed by atoms with Gasteiger partial charge in [0.2, 0.25) is 0 Å². The first-order valence-corrected chi connectivity index (χ1v) is 12.0. The van der Waals surface area contributed by atoms with Crippen LogP contribution in [0, 0.1) is 0 Å². The zero-order chi connectivity index (χ0) is 25.4. The molecule has 0 aliphatic heterocycles. The van der Waals surface area contributed by atoms with Crippen molar-refractivity contribution in [1.29, 1.82) is 0 Å². The molecular weight excluding hydrogens is 464 g/mol. The lowest BCUT2D eigenvalue weighted by molar-refractivity contribution is 0.0593. The Labute approximate surface area is 209 Å². The summed E-state index contributed by atoms with van der Waals surface area (Å²) in [5, 5.41) is 4.75. The van der Waals surface area contributed by atoms with E-state index in [1.807, 2.05) is 41.8 Å². The number of methoxy groups -OCH3 is 1. The van der Waals surface area contributed by atoms with Crippen LogP contribution in [0.4, 0.5) is 21.0 Å². The third-order valence-corrected chi connectivity index (χ3v) is 5.65. The van der Waals surface area contributed by atoms with Gasteiger partial charge in [0.15, 0.2) is 0 Å². The number of nitrogens with two attached hydrogens (primary N) is 1. The van der Waals surface area contributed by atoms with Gasteiger partial charge in [0.05, 0.1) is 23.4 Å². The van der Waals surface area contributed by atoms with Crippen molar-refractivity contribution in [2.75, 3.05) is 18.6 Å². The van der Waals surface area contributed by atoms with Crippen molar-refractivity contribution in [3.63, 3.8) is 0 Å². The molecule has 0 bridgehead atoms. The van der Waals surface area contributed by atoms with Gasteiger partial charge in [0.1, 0.15) is 17.2 Å². The Morgan fingerprint density at radius 1 is 1.06 bits per heavy atom. The standard InChI is InChI=1S/C26H30N4O4S/c1-26(2,3)34-25(32)30(20-11-13-21(33-4)14-12-20)24(31)28-16-15-18-7-9-19(10-8-18)29-23(27)22-6-5-17-35-22/h5-14,17H,15-16H2,1-4H3,(H2,27,29)(H,28,31). The molecule has 184 valence electrons. The first-order chi connectivity index (χ1) is 16.7. The molecule has 0 spiro atoms. The van der Waals surface area contributed by atoms with Gasteiger partial charge in [0, 0.05) is 6.54 Å². The zero-order valence-corrected chi connectivity index (χ0v) is 21.1. The molecule has 9 heteroatoms. The molecule has 1 heterocycles. The summed E-state index contributed by atoms with van der Waals surface area (Å²) in [5.41, 5.74) is 7.42. The lowest BCUT2D eigenvalue weighted by Gasteiger charge is -2.26. The fourth-order valence-corrected chi connectivity index (χ4v) is 3.72. The minimum absolute atomic E-state index is 0.328. The van der Waals surface area contributed by atoms with Gasteiger partial charge in [-0.3, -0.25) is 0 Å². The third kappa shape index (κ3) is 7.58. The summed E-state index contributed by atoms with van der Waals surface area (Å²) in [6.45, 7) is 5.57. The van der Waals surface area contributed by atoms with Crippen molar-refractivity contribution < 1.29 is 19.1 Å². The van der Waals surface area contributed by atoms with Crippen molar-refractivity contribution >= 4 is 40.7 Å². The van der Waals surface area contributed by atoms with Crippen LogP contribution >= 0.6 is 11.3 Å². The maximum absolute atomic E-state index is 13.0. The highest BCUT2D eigenvalue weighted by Crippen LogP contribution is 2.22. The van der Waals surface area contributed by atoms with E-state index in [0.29, 0.717) is 30.2 Å². The number of thiophene rings is 1. The quantitative estimate of drug-likeness (QED) is 0.334. The third-order valence-electron chi connectivity index (χ3n) is 4.76. The number of ether oxygens (including phenoxy) is 2. The number of benzene rings is 2. The average Bonchev–Trinajstić information content (AvgIpc) is 3.35. The van der Waals surface area contributed by atoms with Crippen LogP contribution in [0.5, 0.6) is 5.75 Å². The van der Waals surface area contributed by atoms with E-state index in [4.69, 9.17) is 15.2 Å². The minimum atomic E-state index is -0.759. The lowest BCUT2D eigenvalue weighted by atomic mass is 10.1. The maximum Gasteiger partial charge on any atom is 0.423 e. The number of hydrogen-bond donors (Lipinski definition) is 2. The van der Waals surface area contributed by atoms with Crippen molar-refractivity contribution in [1.82, 2.24) is 5.32 Å². The molecule has 35 heavy (non-hydrogen) atoms. The molecule has 3 amide bonds. The average molecular weight is 495 g/mol. The largest absolute Gasteiger partial charge is 0.497 e. The molecule has 0 radical (unpaired) electrons. The number of carbonyl (C=O) groups excluding carboxylic acids is 2. The summed E-state index contributed by atoms with van der Waals surface area (Å²) in [6, 6.07) is 17.5. The highest BCUT2D eigenvalue weighted by molar-refractivity contribution is 7.12. The monoisotopic (exact) mass is 494 g/mol. The summed E-state index contributed by atoms with van der Waals surface area (Å²) in [4.78, 5) is 32.1. The predicted octanol–water partition coefficient (Wildman–Crippen LogP) is 5.49. The molecule has 0 fully saturated rings. The van der Waals surface area contributed by atoms with Gasteiger partial charge < -0.3 is 20.5 Å². The molecule has 3 N–H and O–H groups in total. The van der Waals surface area contributed by atoms with Gasteiger partial charge in [-0.2, -0.15) is 4.90 Å². The zero-order valence-electron chi connectivity index (χ0n) is 20.3. The molecule has 0 saturated carbocycles. The number of anilines is 1. The Kier molecular flexibility index (Phi) is 8.48. The highest BCUT2D eigenvalue weighted by Gasteiger charge is 2.28. The predicted molar refractivity (Wildman–Crippen MR) is 140 cm³/mol. The second kappa shape index (κ2) is 11.5. The number of carbonyl (C=O) groups is 2. The molecule has 3 rings (SSSR count). The van der Waals surface area contributed by atoms with E-state index in [-0.39, 0.29) is 0 Å². The van der Waals surface area contributed by atoms with E-state index < -0.39 is 17.7 Å². The number of hydrogen-bond acceptors (Lipinski definition) is 6. The van der Waals surface area contributed by atoms with Gasteiger partial charge in [-0.15, -0.1) is 11.3 Å². The summed E-state index contributed by atoms with van der Waals surface area (Å²) >= 11 is 1.54. The van der Waals surface area contributed by atoms with Crippen molar-refractivity contribution in [2.45, 2.75) is 32.8 Å². The Morgan fingerprint density at radius 2 is 1.74 bits per heavy atom. The summed E-state index contributed by atoms with van der Waals surface area (Å²) < 4.78 is 10.6. The van der Waals surface area contributed by atoms with Crippen molar-refractivity contribution in [2.24, 2.45) is 10.7 Å². The van der Waals surface area contributed by atoms with Crippen LogP contribution < -0.4 is 20.7 Å². The normalized spacial score (nSPS) is 11.6. The second-order valence-corrected chi connectivity index (χ2v) is 9.58. The molecular formula is C26H30N4O4S. The first-order valence-electron chi connectivity index (χ1n) is 11.1. The van der Waals surface area contributed by atoms with Crippen LogP contribution in [0.2, 0.25) is 0 Å². The Bertz CT molecular complexity index is 1150. The summed E-state index contributed by atoms with van der Waals surface area (Å²) in [5.74, 6) is 1.09. The summed E-state index contributed by atoms with van der Waals surface area (Å²) in [7, 11) is 1.55. The number of urea groups is 1. The second-order valence-electron chi connectivity index (χ2n) is 8.64. The smallest absolute Gasteiger partial charge is 0.423 e. The van der Waals surface area contributed by atoms with Gasteiger partial charge in [0.25, 0.3) is 0 Å². The molecule has 3 aromatic rings. The number of imide groups is 1.